The van der Waals surface area contributed by atoms with E-state index in [9.17, 15) is 19.7 Å². The fourth-order valence-corrected chi connectivity index (χ4v) is 3.62. The molecule has 0 aliphatic rings. The molecule has 3 rings (SSSR count). The van der Waals surface area contributed by atoms with E-state index in [0.717, 1.165) is 11.3 Å². The lowest BCUT2D eigenvalue weighted by Crippen LogP contribution is -2.13. The van der Waals surface area contributed by atoms with Crippen LogP contribution in [0.1, 0.15) is 28.0 Å². The van der Waals surface area contributed by atoms with Crippen LogP contribution < -0.4 is 10.3 Å². The number of rotatable bonds is 6. The number of nitro benzene ring substituents is 1. The normalized spacial score (nSPS) is 10.7. The second-order valence-electron chi connectivity index (χ2n) is 5.48. The highest BCUT2D eigenvalue weighted by Gasteiger charge is 2.20. The zero-order valence-corrected chi connectivity index (χ0v) is 15.3. The lowest BCUT2D eigenvalue weighted by atomic mass is 10.2. The second-order valence-corrected chi connectivity index (χ2v) is 6.48. The minimum atomic E-state index is -0.553. The molecule has 0 atom stereocenters. The first kappa shape index (κ1) is 18.5. The molecule has 3 aromatic rings. The van der Waals surface area contributed by atoms with Crippen molar-refractivity contribution in [2.45, 2.75) is 20.5 Å². The third-order valence-electron chi connectivity index (χ3n) is 3.74. The summed E-state index contributed by atoms with van der Waals surface area (Å²) < 4.78 is 10.4. The zero-order valence-electron chi connectivity index (χ0n) is 14.5. The van der Waals surface area contributed by atoms with Gasteiger partial charge in [0.25, 0.3) is 5.56 Å². The molecule has 9 nitrogen and oxygen atoms in total. The molecule has 2 aromatic heterocycles. The molecule has 0 amide bonds. The van der Waals surface area contributed by atoms with Crippen molar-refractivity contribution in [1.82, 2.24) is 9.97 Å². The average Bonchev–Trinajstić information content (AvgIpc) is 2.97. The van der Waals surface area contributed by atoms with Gasteiger partial charge in [-0.15, -0.1) is 11.3 Å². The number of hydrogen-bond donors (Lipinski definition) is 1. The van der Waals surface area contributed by atoms with Crippen LogP contribution in [0.2, 0.25) is 0 Å². The number of carbonyl (C=O) groups excluding carboxylic acids is 1. The van der Waals surface area contributed by atoms with E-state index in [2.05, 4.69) is 9.97 Å². The fourth-order valence-electron chi connectivity index (χ4n) is 2.52. The summed E-state index contributed by atoms with van der Waals surface area (Å²) >= 11 is 1.06. The standard InChI is InChI=1S/C17H15N3O6S/c1-3-25-17(22)14-9(2)13-15(21)18-12(19-16(13)27-14)8-26-11-7-5-4-6-10(11)20(23)24/h4-7H,3,8H2,1-2H3,(H,18,19,21). The molecule has 0 radical (unpaired) electrons. The number of carbonyl (C=O) groups is 1. The Balaban J connectivity index is 1.92. The molecular weight excluding hydrogens is 374 g/mol. The number of nitro groups is 1. The molecule has 0 saturated carbocycles. The highest BCUT2D eigenvalue weighted by Crippen LogP contribution is 2.29. The number of nitrogens with one attached hydrogen (secondary N) is 1. The van der Waals surface area contributed by atoms with Crippen LogP contribution in [0.15, 0.2) is 29.1 Å². The number of hydrogen-bond acceptors (Lipinski definition) is 8. The quantitative estimate of drug-likeness (QED) is 0.390. The number of aromatic amines is 1. The van der Waals surface area contributed by atoms with Crippen molar-refractivity contribution in [3.63, 3.8) is 0 Å². The van der Waals surface area contributed by atoms with E-state index in [1.807, 2.05) is 0 Å². The van der Waals surface area contributed by atoms with E-state index in [1.165, 1.54) is 18.2 Å². The van der Waals surface area contributed by atoms with Gasteiger partial charge in [-0.05, 0) is 25.5 Å². The summed E-state index contributed by atoms with van der Waals surface area (Å²) in [6, 6.07) is 5.92. The number of nitrogens with zero attached hydrogens (tertiary/aromatic N) is 2. The van der Waals surface area contributed by atoms with E-state index in [4.69, 9.17) is 9.47 Å². The molecule has 0 spiro atoms. The maximum Gasteiger partial charge on any atom is 0.348 e. The maximum atomic E-state index is 12.4. The minimum absolute atomic E-state index is 0.0693. The number of fused-ring (bicyclic) bond motifs is 1. The first-order chi connectivity index (χ1) is 12.9. The van der Waals surface area contributed by atoms with E-state index in [1.54, 1.807) is 19.9 Å². The van der Waals surface area contributed by atoms with Crippen LogP contribution in [0.25, 0.3) is 10.2 Å². The number of H-pyrrole nitrogens is 1. The van der Waals surface area contributed by atoms with E-state index in [0.29, 0.717) is 20.7 Å². The van der Waals surface area contributed by atoms with E-state index >= 15 is 0 Å². The van der Waals surface area contributed by atoms with Crippen molar-refractivity contribution in [1.29, 1.82) is 0 Å². The van der Waals surface area contributed by atoms with Crippen molar-refractivity contribution in [2.24, 2.45) is 0 Å². The minimum Gasteiger partial charge on any atom is -0.479 e. The number of aryl methyl sites for hydroxylation is 1. The highest BCUT2D eigenvalue weighted by atomic mass is 32.1. The molecule has 0 aliphatic carbocycles. The number of ether oxygens (including phenoxy) is 2. The molecule has 0 fully saturated rings. The predicted molar refractivity (Wildman–Crippen MR) is 98.4 cm³/mol. The summed E-state index contributed by atoms with van der Waals surface area (Å²) in [5.41, 5.74) is -0.0867. The number of aromatic nitrogens is 2. The number of para-hydroxylation sites is 2. The smallest absolute Gasteiger partial charge is 0.348 e. The van der Waals surface area contributed by atoms with Gasteiger partial charge in [-0.25, -0.2) is 9.78 Å². The Kier molecular flexibility index (Phi) is 5.17. The second kappa shape index (κ2) is 7.54. The first-order valence-corrected chi connectivity index (χ1v) is 8.79. The Labute approximate surface area is 156 Å². The van der Waals surface area contributed by atoms with Crippen molar-refractivity contribution in [3.05, 3.63) is 61.0 Å². The Morgan fingerprint density at radius 2 is 2.11 bits per heavy atom. The molecular formula is C17H15N3O6S. The zero-order chi connectivity index (χ0) is 19.6. The monoisotopic (exact) mass is 389 g/mol. The number of esters is 1. The summed E-state index contributed by atoms with van der Waals surface area (Å²) in [7, 11) is 0. The van der Waals surface area contributed by atoms with Crippen LogP contribution in [0.4, 0.5) is 5.69 Å². The third kappa shape index (κ3) is 3.65. The molecule has 2 heterocycles. The van der Waals surface area contributed by atoms with Gasteiger partial charge < -0.3 is 14.5 Å². The highest BCUT2D eigenvalue weighted by molar-refractivity contribution is 7.20. The molecule has 10 heteroatoms. The molecule has 27 heavy (non-hydrogen) atoms. The largest absolute Gasteiger partial charge is 0.479 e. The number of benzene rings is 1. The van der Waals surface area contributed by atoms with Gasteiger partial charge in [0.15, 0.2) is 5.75 Å². The van der Waals surface area contributed by atoms with Crippen molar-refractivity contribution >= 4 is 33.2 Å². The van der Waals surface area contributed by atoms with Crippen LogP contribution >= 0.6 is 11.3 Å². The van der Waals surface area contributed by atoms with Gasteiger partial charge >= 0.3 is 11.7 Å². The summed E-state index contributed by atoms with van der Waals surface area (Å²) in [6.07, 6.45) is 0. The SMILES string of the molecule is CCOC(=O)c1sc2nc(COc3ccccc3[N+](=O)[O-])[nH]c(=O)c2c1C. The topological polar surface area (TPSA) is 124 Å². The summed E-state index contributed by atoms with van der Waals surface area (Å²) in [5.74, 6) is -0.239. The molecule has 1 N–H and O–H groups in total. The van der Waals surface area contributed by atoms with E-state index < -0.39 is 16.5 Å². The summed E-state index contributed by atoms with van der Waals surface area (Å²) in [5, 5.41) is 11.3. The maximum absolute atomic E-state index is 12.4. The van der Waals surface area contributed by atoms with E-state index in [-0.39, 0.29) is 30.5 Å². The lowest BCUT2D eigenvalue weighted by Gasteiger charge is -2.06. The molecule has 140 valence electrons. The fraction of sp³-hybridized carbons (Fsp3) is 0.235. The van der Waals surface area contributed by atoms with Crippen LogP contribution in [0, 0.1) is 17.0 Å². The van der Waals surface area contributed by atoms with Crippen molar-refractivity contribution < 1.29 is 19.2 Å². The number of thiophene rings is 1. The van der Waals surface area contributed by atoms with Gasteiger partial charge in [0, 0.05) is 6.07 Å². The summed E-state index contributed by atoms with van der Waals surface area (Å²) in [4.78, 5) is 42.5. The lowest BCUT2D eigenvalue weighted by molar-refractivity contribution is -0.385. The van der Waals surface area contributed by atoms with Crippen LogP contribution in [-0.4, -0.2) is 27.5 Å². The Morgan fingerprint density at radius 3 is 2.81 bits per heavy atom. The average molecular weight is 389 g/mol. The van der Waals surface area contributed by atoms with Crippen LogP contribution in [-0.2, 0) is 11.3 Å². The third-order valence-corrected chi connectivity index (χ3v) is 4.90. The van der Waals surface area contributed by atoms with Crippen LogP contribution in [0.5, 0.6) is 5.75 Å². The molecule has 0 unspecified atom stereocenters. The van der Waals surface area contributed by atoms with Crippen molar-refractivity contribution in [3.8, 4) is 5.75 Å². The van der Waals surface area contributed by atoms with Gasteiger partial charge in [0.05, 0.1) is 16.9 Å². The van der Waals surface area contributed by atoms with Gasteiger partial charge in [0.2, 0.25) is 0 Å². The molecule has 1 aromatic carbocycles. The predicted octanol–water partition coefficient (Wildman–Crippen LogP) is 2.96. The van der Waals surface area contributed by atoms with Crippen molar-refractivity contribution in [2.75, 3.05) is 6.61 Å². The van der Waals surface area contributed by atoms with Gasteiger partial charge in [-0.3, -0.25) is 14.9 Å². The molecule has 0 bridgehead atoms. The first-order valence-electron chi connectivity index (χ1n) is 7.98. The molecule has 0 aliphatic heterocycles. The van der Waals surface area contributed by atoms with Gasteiger partial charge in [0.1, 0.15) is 22.1 Å². The Bertz CT molecular complexity index is 1090. The summed E-state index contributed by atoms with van der Waals surface area (Å²) in [6.45, 7) is 3.42. The molecule has 0 saturated heterocycles. The van der Waals surface area contributed by atoms with Gasteiger partial charge in [-0.1, -0.05) is 12.1 Å². The van der Waals surface area contributed by atoms with Gasteiger partial charge in [-0.2, -0.15) is 0 Å². The Hall–Kier alpha value is -3.27. The Morgan fingerprint density at radius 1 is 1.37 bits per heavy atom. The van der Waals surface area contributed by atoms with Crippen LogP contribution in [0.3, 0.4) is 0 Å².